The Morgan fingerprint density at radius 3 is 2.61 bits per heavy atom. The van der Waals surface area contributed by atoms with Crippen LogP contribution in [-0.4, -0.2) is 44.2 Å². The first-order valence-corrected chi connectivity index (χ1v) is 11.4. The van der Waals surface area contributed by atoms with Gasteiger partial charge in [-0.25, -0.2) is 8.42 Å². The van der Waals surface area contributed by atoms with Gasteiger partial charge in [-0.15, -0.1) is 11.3 Å². The quantitative estimate of drug-likeness (QED) is 0.710. The normalized spacial score (nSPS) is 17.8. The van der Waals surface area contributed by atoms with Crippen LogP contribution in [0.5, 0.6) is 0 Å². The van der Waals surface area contributed by atoms with E-state index >= 15 is 0 Å². The van der Waals surface area contributed by atoms with Crippen molar-refractivity contribution in [1.29, 1.82) is 0 Å². The monoisotopic (exact) mass is 421 g/mol. The van der Waals surface area contributed by atoms with Crippen LogP contribution in [0.15, 0.2) is 52.7 Å². The third kappa shape index (κ3) is 5.18. The molecule has 0 aliphatic carbocycles. The summed E-state index contributed by atoms with van der Waals surface area (Å²) in [5, 5.41) is 7.31. The van der Waals surface area contributed by atoms with Crippen LogP contribution in [-0.2, 0) is 26.2 Å². The van der Waals surface area contributed by atoms with Crippen LogP contribution in [0.4, 0.5) is 0 Å². The number of amides is 2. The molecule has 1 saturated heterocycles. The number of carbonyl (C=O) groups excluding carboxylic acids is 2. The number of hydrogen-bond donors (Lipinski definition) is 2. The maximum absolute atomic E-state index is 12.8. The van der Waals surface area contributed by atoms with Crippen LogP contribution in [0.25, 0.3) is 0 Å². The smallest absolute Gasteiger partial charge is 0.243 e. The van der Waals surface area contributed by atoms with Gasteiger partial charge in [-0.3, -0.25) is 9.59 Å². The second-order valence-electron chi connectivity index (χ2n) is 6.59. The van der Waals surface area contributed by atoms with Gasteiger partial charge < -0.3 is 10.6 Å². The molecular weight excluding hydrogens is 398 g/mol. The number of rotatable bonds is 7. The van der Waals surface area contributed by atoms with Gasteiger partial charge in [0.1, 0.15) is 0 Å². The first kappa shape index (κ1) is 20.5. The van der Waals surface area contributed by atoms with Crippen LogP contribution in [0.2, 0.25) is 0 Å². The van der Waals surface area contributed by atoms with Gasteiger partial charge in [0.2, 0.25) is 21.8 Å². The summed E-state index contributed by atoms with van der Waals surface area (Å²) < 4.78 is 26.9. The van der Waals surface area contributed by atoms with E-state index in [4.69, 9.17) is 0 Å². The van der Waals surface area contributed by atoms with Gasteiger partial charge in [-0.2, -0.15) is 4.31 Å². The molecule has 1 aliphatic rings. The van der Waals surface area contributed by atoms with Gasteiger partial charge in [0.15, 0.2) is 0 Å². The molecule has 9 heteroatoms. The molecule has 1 fully saturated rings. The molecule has 3 rings (SSSR count). The lowest BCUT2D eigenvalue weighted by Crippen LogP contribution is -2.47. The highest BCUT2D eigenvalue weighted by atomic mass is 32.2. The van der Waals surface area contributed by atoms with Crippen molar-refractivity contribution in [2.75, 3.05) is 19.6 Å². The summed E-state index contributed by atoms with van der Waals surface area (Å²) in [7, 11) is -3.62. The second-order valence-corrected chi connectivity index (χ2v) is 9.56. The predicted molar refractivity (Wildman–Crippen MR) is 107 cm³/mol. The minimum atomic E-state index is -3.62. The van der Waals surface area contributed by atoms with E-state index in [1.807, 2.05) is 17.5 Å². The van der Waals surface area contributed by atoms with Crippen molar-refractivity contribution in [3.05, 3.63) is 52.7 Å². The zero-order chi connectivity index (χ0) is 20.0. The van der Waals surface area contributed by atoms with E-state index < -0.39 is 15.9 Å². The predicted octanol–water partition coefficient (Wildman–Crippen LogP) is 1.58. The van der Waals surface area contributed by atoms with E-state index in [0.29, 0.717) is 25.9 Å². The second kappa shape index (κ2) is 9.31. The van der Waals surface area contributed by atoms with Gasteiger partial charge in [0, 0.05) is 18.0 Å². The van der Waals surface area contributed by atoms with E-state index in [-0.39, 0.29) is 29.8 Å². The number of nitrogens with one attached hydrogen (secondary N) is 2. The van der Waals surface area contributed by atoms with Gasteiger partial charge >= 0.3 is 0 Å². The number of thiophene rings is 1. The molecule has 2 amide bonds. The third-order valence-electron chi connectivity index (χ3n) is 4.60. The largest absolute Gasteiger partial charge is 0.350 e. The Kier molecular flexibility index (Phi) is 6.82. The number of sulfonamides is 1. The van der Waals surface area contributed by atoms with Crippen molar-refractivity contribution in [3.8, 4) is 0 Å². The molecule has 1 aliphatic heterocycles. The summed E-state index contributed by atoms with van der Waals surface area (Å²) >= 11 is 1.55. The zero-order valence-corrected chi connectivity index (χ0v) is 17.0. The molecule has 0 bridgehead atoms. The van der Waals surface area contributed by atoms with E-state index in [2.05, 4.69) is 10.6 Å². The number of nitrogens with zero attached hydrogens (tertiary/aromatic N) is 1. The summed E-state index contributed by atoms with van der Waals surface area (Å²) in [6, 6.07) is 12.0. The molecule has 0 unspecified atom stereocenters. The van der Waals surface area contributed by atoms with E-state index in [0.717, 1.165) is 4.88 Å². The van der Waals surface area contributed by atoms with Crippen molar-refractivity contribution in [1.82, 2.24) is 14.9 Å². The van der Waals surface area contributed by atoms with Crippen LogP contribution < -0.4 is 10.6 Å². The van der Waals surface area contributed by atoms with Gasteiger partial charge in [-0.1, -0.05) is 24.3 Å². The Morgan fingerprint density at radius 1 is 1.11 bits per heavy atom. The molecule has 7 nitrogen and oxygen atoms in total. The highest BCUT2D eigenvalue weighted by Gasteiger charge is 2.33. The molecule has 1 aromatic heterocycles. The molecule has 2 heterocycles. The van der Waals surface area contributed by atoms with Crippen LogP contribution in [0, 0.1) is 5.92 Å². The number of piperidine rings is 1. The van der Waals surface area contributed by atoms with E-state index in [1.165, 1.54) is 4.31 Å². The number of benzene rings is 1. The molecular formula is C19H23N3O4S2. The number of carbonyl (C=O) groups is 2. The van der Waals surface area contributed by atoms with Crippen molar-refractivity contribution >= 4 is 33.2 Å². The minimum Gasteiger partial charge on any atom is -0.350 e. The van der Waals surface area contributed by atoms with Crippen LogP contribution in [0.1, 0.15) is 17.7 Å². The van der Waals surface area contributed by atoms with Crippen LogP contribution in [0.3, 0.4) is 0 Å². The highest BCUT2D eigenvalue weighted by Crippen LogP contribution is 2.23. The third-order valence-corrected chi connectivity index (χ3v) is 7.35. The van der Waals surface area contributed by atoms with Gasteiger partial charge in [0.05, 0.1) is 23.9 Å². The Bertz CT molecular complexity index is 899. The summed E-state index contributed by atoms with van der Waals surface area (Å²) in [5.74, 6) is -1.03. The summed E-state index contributed by atoms with van der Waals surface area (Å²) in [6.07, 6.45) is 1.21. The van der Waals surface area contributed by atoms with Gasteiger partial charge in [0.25, 0.3) is 0 Å². The maximum atomic E-state index is 12.8. The lowest BCUT2D eigenvalue weighted by molar-refractivity contribution is -0.129. The lowest BCUT2D eigenvalue weighted by atomic mass is 9.99. The molecule has 1 aromatic carbocycles. The Labute approximate surface area is 168 Å². The Morgan fingerprint density at radius 2 is 1.89 bits per heavy atom. The minimum absolute atomic E-state index is 0.119. The fourth-order valence-electron chi connectivity index (χ4n) is 3.09. The standard InChI is InChI=1S/C19H23N3O4S2/c23-18(20-12-16-7-5-11-27-16)13-21-19(24)15-6-4-10-22(14-15)28(25,26)17-8-2-1-3-9-17/h1-3,5,7-9,11,15H,4,6,10,12-14H2,(H,20,23)(H,21,24)/t15-/m0/s1. The molecule has 2 aromatic rings. The fraction of sp³-hybridized carbons (Fsp3) is 0.368. The Hall–Kier alpha value is -2.23. The summed E-state index contributed by atoms with van der Waals surface area (Å²) in [4.78, 5) is 25.6. The first-order valence-electron chi connectivity index (χ1n) is 9.09. The lowest BCUT2D eigenvalue weighted by Gasteiger charge is -2.31. The average Bonchev–Trinajstić information content (AvgIpc) is 3.25. The fourth-order valence-corrected chi connectivity index (χ4v) is 5.28. The van der Waals surface area contributed by atoms with Crippen molar-refractivity contribution in [2.45, 2.75) is 24.3 Å². The highest BCUT2D eigenvalue weighted by molar-refractivity contribution is 7.89. The van der Waals surface area contributed by atoms with Gasteiger partial charge in [-0.05, 0) is 36.4 Å². The summed E-state index contributed by atoms with van der Waals surface area (Å²) in [5.41, 5.74) is 0. The number of hydrogen-bond acceptors (Lipinski definition) is 5. The topological polar surface area (TPSA) is 95.6 Å². The Balaban J connectivity index is 1.51. The average molecular weight is 422 g/mol. The molecule has 1 atom stereocenters. The molecule has 150 valence electrons. The first-order chi connectivity index (χ1) is 13.5. The molecule has 0 spiro atoms. The summed E-state index contributed by atoms with van der Waals surface area (Å²) in [6.45, 7) is 0.827. The van der Waals surface area contributed by atoms with E-state index in [1.54, 1.807) is 41.7 Å². The maximum Gasteiger partial charge on any atom is 0.243 e. The SMILES string of the molecule is O=C(CNC(=O)[C@H]1CCCN(S(=O)(=O)c2ccccc2)C1)NCc1cccs1. The molecule has 28 heavy (non-hydrogen) atoms. The molecule has 0 saturated carbocycles. The molecule has 0 radical (unpaired) electrons. The van der Waals surface area contributed by atoms with Crippen LogP contribution >= 0.6 is 11.3 Å². The van der Waals surface area contributed by atoms with Crippen molar-refractivity contribution in [2.24, 2.45) is 5.92 Å². The zero-order valence-electron chi connectivity index (χ0n) is 15.3. The van der Waals surface area contributed by atoms with Crippen molar-refractivity contribution < 1.29 is 18.0 Å². The van der Waals surface area contributed by atoms with E-state index in [9.17, 15) is 18.0 Å². The molecule has 2 N–H and O–H groups in total. The van der Waals surface area contributed by atoms with Crippen molar-refractivity contribution in [3.63, 3.8) is 0 Å².